The Morgan fingerprint density at radius 3 is 2.80 bits per heavy atom. The van der Waals surface area contributed by atoms with Gasteiger partial charge < -0.3 is 10.1 Å². The fourth-order valence-electron chi connectivity index (χ4n) is 1.81. The van der Waals surface area contributed by atoms with Gasteiger partial charge in [0.25, 0.3) is 0 Å². The number of nitrogens with one attached hydrogen (secondary N) is 1. The van der Waals surface area contributed by atoms with E-state index in [2.05, 4.69) is 15.0 Å². The molecule has 0 aromatic carbocycles. The SMILES string of the molecule is CCNC(CCOCC(F)(F)F)Cc1ccncc1Cl. The van der Waals surface area contributed by atoms with E-state index in [9.17, 15) is 13.2 Å². The number of pyridine rings is 1. The molecule has 3 nitrogen and oxygen atoms in total. The summed E-state index contributed by atoms with van der Waals surface area (Å²) in [6.07, 6.45) is 0.0413. The van der Waals surface area contributed by atoms with E-state index in [4.69, 9.17) is 11.6 Å². The Morgan fingerprint density at radius 1 is 1.45 bits per heavy atom. The molecule has 7 heteroatoms. The van der Waals surface area contributed by atoms with Gasteiger partial charge in [0, 0.05) is 25.0 Å². The maximum atomic E-state index is 12.0. The summed E-state index contributed by atoms with van der Waals surface area (Å²) in [5.74, 6) is 0. The van der Waals surface area contributed by atoms with E-state index in [1.165, 1.54) is 0 Å². The number of nitrogens with zero attached hydrogens (tertiary/aromatic N) is 1. The first-order valence-electron chi connectivity index (χ1n) is 6.38. The van der Waals surface area contributed by atoms with Crippen LogP contribution in [0.1, 0.15) is 18.9 Å². The topological polar surface area (TPSA) is 34.1 Å². The molecule has 1 aromatic heterocycles. The van der Waals surface area contributed by atoms with Crippen LogP contribution in [0.4, 0.5) is 13.2 Å². The van der Waals surface area contributed by atoms with Crippen LogP contribution in [0.15, 0.2) is 18.5 Å². The smallest absolute Gasteiger partial charge is 0.372 e. The standard InChI is InChI=1S/C13H18ClF3N2O/c1-2-19-11(4-6-20-9-13(15,16)17)7-10-3-5-18-8-12(10)14/h3,5,8,11,19H,2,4,6-7,9H2,1H3. The molecule has 0 aliphatic heterocycles. The van der Waals surface area contributed by atoms with E-state index in [0.717, 1.165) is 12.1 Å². The van der Waals surface area contributed by atoms with Crippen molar-refractivity contribution in [2.45, 2.75) is 32.0 Å². The van der Waals surface area contributed by atoms with Crippen molar-refractivity contribution in [1.29, 1.82) is 0 Å². The first kappa shape index (κ1) is 17.2. The Hall–Kier alpha value is -0.850. The fourth-order valence-corrected chi connectivity index (χ4v) is 2.01. The number of rotatable bonds is 8. The summed E-state index contributed by atoms with van der Waals surface area (Å²) in [6.45, 7) is 1.52. The first-order valence-corrected chi connectivity index (χ1v) is 6.76. The van der Waals surface area contributed by atoms with Gasteiger partial charge in [-0.15, -0.1) is 0 Å². The molecule has 0 radical (unpaired) electrons. The van der Waals surface area contributed by atoms with Crippen molar-refractivity contribution in [1.82, 2.24) is 10.3 Å². The van der Waals surface area contributed by atoms with Gasteiger partial charge in [0.2, 0.25) is 0 Å². The third kappa shape index (κ3) is 7.07. The highest BCUT2D eigenvalue weighted by Gasteiger charge is 2.27. The van der Waals surface area contributed by atoms with Crippen LogP contribution < -0.4 is 5.32 Å². The molecule has 1 unspecified atom stereocenters. The number of hydrogen-bond acceptors (Lipinski definition) is 3. The van der Waals surface area contributed by atoms with Crippen LogP contribution in [-0.4, -0.2) is 37.0 Å². The number of ether oxygens (including phenoxy) is 1. The van der Waals surface area contributed by atoms with Crippen molar-refractivity contribution >= 4 is 11.6 Å². The Balaban J connectivity index is 2.43. The molecule has 0 aliphatic rings. The molecule has 1 heterocycles. The lowest BCUT2D eigenvalue weighted by Crippen LogP contribution is -2.32. The quantitative estimate of drug-likeness (QED) is 0.749. The molecule has 0 saturated carbocycles. The molecule has 1 N–H and O–H groups in total. The van der Waals surface area contributed by atoms with Crippen LogP contribution in [-0.2, 0) is 11.2 Å². The lowest BCUT2D eigenvalue weighted by Gasteiger charge is -2.18. The number of likely N-dealkylation sites (N-methyl/N-ethyl adjacent to an activating group) is 1. The first-order chi connectivity index (χ1) is 9.42. The summed E-state index contributed by atoms with van der Waals surface area (Å²) in [5, 5.41) is 3.78. The van der Waals surface area contributed by atoms with Crippen LogP contribution >= 0.6 is 11.6 Å². The van der Waals surface area contributed by atoms with Gasteiger partial charge in [-0.05, 0) is 31.0 Å². The molecular weight excluding hydrogens is 293 g/mol. The lowest BCUT2D eigenvalue weighted by atomic mass is 10.0. The zero-order valence-corrected chi connectivity index (χ0v) is 12.0. The minimum absolute atomic E-state index is 0.0214. The van der Waals surface area contributed by atoms with Gasteiger partial charge >= 0.3 is 6.18 Å². The van der Waals surface area contributed by atoms with Gasteiger partial charge in [0.05, 0.1) is 5.02 Å². The number of hydrogen-bond donors (Lipinski definition) is 1. The number of halogens is 4. The maximum Gasteiger partial charge on any atom is 0.411 e. The van der Waals surface area contributed by atoms with Crippen LogP contribution in [0.2, 0.25) is 5.02 Å². The van der Waals surface area contributed by atoms with Crippen molar-refractivity contribution in [2.24, 2.45) is 0 Å². The van der Waals surface area contributed by atoms with Crippen LogP contribution in [0.3, 0.4) is 0 Å². The third-order valence-electron chi connectivity index (χ3n) is 2.69. The number of alkyl halides is 3. The van der Waals surface area contributed by atoms with E-state index in [0.29, 0.717) is 17.9 Å². The highest BCUT2D eigenvalue weighted by Crippen LogP contribution is 2.17. The average molecular weight is 311 g/mol. The lowest BCUT2D eigenvalue weighted by molar-refractivity contribution is -0.174. The third-order valence-corrected chi connectivity index (χ3v) is 3.03. The Bertz CT molecular complexity index is 401. The summed E-state index contributed by atoms with van der Waals surface area (Å²) in [7, 11) is 0. The largest absolute Gasteiger partial charge is 0.411 e. The predicted octanol–water partition coefficient (Wildman–Crippen LogP) is 3.22. The van der Waals surface area contributed by atoms with Gasteiger partial charge in [0.15, 0.2) is 0 Å². The minimum Gasteiger partial charge on any atom is -0.372 e. The van der Waals surface area contributed by atoms with E-state index < -0.39 is 12.8 Å². The van der Waals surface area contributed by atoms with Crippen molar-refractivity contribution in [3.63, 3.8) is 0 Å². The number of aromatic nitrogens is 1. The molecule has 0 saturated heterocycles. The summed E-state index contributed by atoms with van der Waals surface area (Å²) in [5.41, 5.74) is 0.920. The zero-order valence-electron chi connectivity index (χ0n) is 11.2. The van der Waals surface area contributed by atoms with E-state index in [1.807, 2.05) is 13.0 Å². The van der Waals surface area contributed by atoms with Gasteiger partial charge in [-0.25, -0.2) is 0 Å². The van der Waals surface area contributed by atoms with E-state index in [-0.39, 0.29) is 12.6 Å². The van der Waals surface area contributed by atoms with Crippen molar-refractivity contribution in [3.05, 3.63) is 29.0 Å². The minimum atomic E-state index is -4.28. The summed E-state index contributed by atoms with van der Waals surface area (Å²) >= 11 is 6.02. The van der Waals surface area contributed by atoms with Gasteiger partial charge in [-0.2, -0.15) is 13.2 Å². The Kier molecular flexibility index (Phi) is 7.26. The molecule has 114 valence electrons. The highest BCUT2D eigenvalue weighted by atomic mass is 35.5. The van der Waals surface area contributed by atoms with Gasteiger partial charge in [-0.3, -0.25) is 4.98 Å². The molecule has 1 atom stereocenters. The molecular formula is C13H18ClF3N2O. The average Bonchev–Trinajstić information content (AvgIpc) is 2.36. The molecule has 0 fully saturated rings. The molecule has 0 bridgehead atoms. The van der Waals surface area contributed by atoms with Crippen LogP contribution in [0.25, 0.3) is 0 Å². The van der Waals surface area contributed by atoms with Gasteiger partial charge in [-0.1, -0.05) is 18.5 Å². The van der Waals surface area contributed by atoms with Crippen molar-refractivity contribution < 1.29 is 17.9 Å². The summed E-state index contributed by atoms with van der Waals surface area (Å²) in [6, 6.07) is 1.83. The molecule has 20 heavy (non-hydrogen) atoms. The summed E-state index contributed by atoms with van der Waals surface area (Å²) in [4.78, 5) is 3.90. The maximum absolute atomic E-state index is 12.0. The second kappa shape index (κ2) is 8.44. The van der Waals surface area contributed by atoms with Crippen LogP contribution in [0.5, 0.6) is 0 Å². The fraction of sp³-hybridized carbons (Fsp3) is 0.615. The van der Waals surface area contributed by atoms with Crippen molar-refractivity contribution in [3.8, 4) is 0 Å². The van der Waals surface area contributed by atoms with E-state index in [1.54, 1.807) is 12.4 Å². The molecule has 0 spiro atoms. The zero-order chi connectivity index (χ0) is 15.0. The second-order valence-electron chi connectivity index (χ2n) is 4.38. The second-order valence-corrected chi connectivity index (χ2v) is 4.79. The molecule has 1 aromatic rings. The molecule has 0 aliphatic carbocycles. The van der Waals surface area contributed by atoms with Crippen molar-refractivity contribution in [2.75, 3.05) is 19.8 Å². The van der Waals surface area contributed by atoms with E-state index >= 15 is 0 Å². The summed E-state index contributed by atoms with van der Waals surface area (Å²) < 4.78 is 40.5. The molecule has 0 amide bonds. The highest BCUT2D eigenvalue weighted by molar-refractivity contribution is 6.31. The monoisotopic (exact) mass is 310 g/mol. The molecule has 1 rings (SSSR count). The normalized spacial score (nSPS) is 13.4. The van der Waals surface area contributed by atoms with Gasteiger partial charge in [0.1, 0.15) is 6.61 Å². The Morgan fingerprint density at radius 2 is 2.20 bits per heavy atom. The Labute approximate surface area is 121 Å². The van der Waals surface area contributed by atoms with Crippen LogP contribution in [0, 0.1) is 0 Å². The predicted molar refractivity (Wildman–Crippen MR) is 71.9 cm³/mol.